The summed E-state index contributed by atoms with van der Waals surface area (Å²) in [5.41, 5.74) is 3.15. The molecule has 61 heavy (non-hydrogen) atoms. The summed E-state index contributed by atoms with van der Waals surface area (Å²) in [5, 5.41) is 4.18. The van der Waals surface area contributed by atoms with Gasteiger partial charge in [0.1, 0.15) is 12.4 Å². The molecule has 4 aromatic carbocycles. The van der Waals surface area contributed by atoms with Crippen LogP contribution >= 0.6 is 0 Å². The number of ether oxygens (including phenoxy) is 1. The van der Waals surface area contributed by atoms with Crippen molar-refractivity contribution in [1.82, 2.24) is 0 Å². The van der Waals surface area contributed by atoms with Gasteiger partial charge in [0.25, 0.3) is 0 Å². The molecule has 0 atom stereocenters. The van der Waals surface area contributed by atoms with Crippen LogP contribution in [0.4, 0.5) is 11.4 Å². The molecule has 0 bridgehead atoms. The standard InChI is InChI=1S/C56H83N2O3/c1-4-7-9-11-13-15-17-19-21-23-25-36-48-60-57(53-40-32-28-33-41-53)56(6-3,52-44-46-55(47-45-52)59-50-51-38-30-27-31-39-51)58(54-42-34-29-35-43-54)61-49-37-26-24-22-20-18-16-14-12-10-8-5-2/h27-35,38-47H,3-26,36-37,48-50H2,1-2H3. The van der Waals surface area contributed by atoms with Crippen molar-refractivity contribution in [2.24, 2.45) is 0 Å². The van der Waals surface area contributed by atoms with Crippen LogP contribution in [-0.4, -0.2) is 13.2 Å². The smallest absolute Gasteiger partial charge is 0.187 e. The van der Waals surface area contributed by atoms with Gasteiger partial charge in [0.2, 0.25) is 0 Å². The summed E-state index contributed by atoms with van der Waals surface area (Å²) in [5.74, 6) is 0.818. The number of hydrogen-bond donors (Lipinski definition) is 0. The van der Waals surface area contributed by atoms with Crippen LogP contribution in [0.25, 0.3) is 0 Å². The Kier molecular flexibility index (Phi) is 26.1. The highest BCUT2D eigenvalue weighted by Crippen LogP contribution is 2.43. The van der Waals surface area contributed by atoms with E-state index in [0.717, 1.165) is 53.9 Å². The number of nitrogens with zero attached hydrogens (tertiary/aromatic N) is 2. The van der Waals surface area contributed by atoms with Gasteiger partial charge in [-0.1, -0.05) is 234 Å². The van der Waals surface area contributed by atoms with E-state index in [1.54, 1.807) is 0 Å². The second-order valence-electron chi connectivity index (χ2n) is 17.1. The lowest BCUT2D eigenvalue weighted by Gasteiger charge is -2.50. The minimum absolute atomic E-state index is 0.456. The number of benzene rings is 4. The first-order valence-corrected chi connectivity index (χ1v) is 24.8. The quantitative estimate of drug-likeness (QED) is 0.0257. The minimum Gasteiger partial charge on any atom is -0.489 e. The summed E-state index contributed by atoms with van der Waals surface area (Å²) in [4.78, 5) is 14.1. The van der Waals surface area contributed by atoms with E-state index in [1.165, 1.54) is 128 Å². The Labute approximate surface area is 373 Å². The van der Waals surface area contributed by atoms with Gasteiger partial charge in [-0.2, -0.15) is 0 Å². The average Bonchev–Trinajstić information content (AvgIpc) is 3.31. The molecule has 4 rings (SSSR count). The van der Waals surface area contributed by atoms with Crippen LogP contribution in [0.2, 0.25) is 0 Å². The average molecular weight is 832 g/mol. The van der Waals surface area contributed by atoms with Crippen LogP contribution < -0.4 is 14.9 Å². The molecule has 0 aliphatic rings. The Morgan fingerprint density at radius 1 is 0.410 bits per heavy atom. The summed E-state index contributed by atoms with van der Waals surface area (Å²) in [7, 11) is 0. The van der Waals surface area contributed by atoms with E-state index in [1.807, 2.05) is 6.07 Å². The molecule has 1 radical (unpaired) electrons. The normalized spacial score (nSPS) is 11.5. The van der Waals surface area contributed by atoms with Crippen LogP contribution in [0, 0.1) is 6.92 Å². The van der Waals surface area contributed by atoms with Crippen molar-refractivity contribution in [2.75, 3.05) is 23.3 Å². The molecule has 0 spiro atoms. The molecular formula is C56H83N2O3. The molecule has 0 aliphatic heterocycles. The lowest BCUT2D eigenvalue weighted by atomic mass is 9.93. The van der Waals surface area contributed by atoms with Crippen molar-refractivity contribution in [3.8, 4) is 5.75 Å². The molecule has 0 saturated carbocycles. The molecule has 0 unspecified atom stereocenters. The van der Waals surface area contributed by atoms with Crippen molar-refractivity contribution < 1.29 is 14.4 Å². The highest BCUT2D eigenvalue weighted by Gasteiger charge is 2.46. The topological polar surface area (TPSA) is 34.2 Å². The van der Waals surface area contributed by atoms with E-state index >= 15 is 0 Å². The van der Waals surface area contributed by atoms with E-state index in [9.17, 15) is 0 Å². The first-order chi connectivity index (χ1) is 30.2. The molecule has 0 aromatic heterocycles. The van der Waals surface area contributed by atoms with Gasteiger partial charge in [-0.3, -0.25) is 9.68 Å². The van der Waals surface area contributed by atoms with Crippen molar-refractivity contribution in [2.45, 2.75) is 187 Å². The predicted octanol–water partition coefficient (Wildman–Crippen LogP) is 16.9. The predicted molar refractivity (Wildman–Crippen MR) is 261 cm³/mol. The van der Waals surface area contributed by atoms with Crippen molar-refractivity contribution in [1.29, 1.82) is 0 Å². The zero-order valence-electron chi connectivity index (χ0n) is 38.6. The maximum absolute atomic E-state index is 7.03. The summed E-state index contributed by atoms with van der Waals surface area (Å²) in [6.07, 6.45) is 31.8. The van der Waals surface area contributed by atoms with E-state index in [4.69, 9.17) is 14.4 Å². The highest BCUT2D eigenvalue weighted by atomic mass is 16.7. The first kappa shape index (κ1) is 49.9. The molecule has 4 aromatic rings. The molecule has 0 heterocycles. The van der Waals surface area contributed by atoms with Gasteiger partial charge in [0, 0.05) is 5.56 Å². The van der Waals surface area contributed by atoms with Crippen molar-refractivity contribution >= 4 is 11.4 Å². The summed E-state index contributed by atoms with van der Waals surface area (Å²) in [6, 6.07) is 39.8. The second kappa shape index (κ2) is 32.0. The number of unbranched alkanes of at least 4 members (excludes halogenated alkanes) is 22. The molecule has 0 saturated heterocycles. The maximum Gasteiger partial charge on any atom is 0.187 e. The zero-order valence-corrected chi connectivity index (χ0v) is 38.6. The molecule has 0 aliphatic carbocycles. The van der Waals surface area contributed by atoms with Gasteiger partial charge in [0.15, 0.2) is 5.66 Å². The van der Waals surface area contributed by atoms with Crippen LogP contribution in [-0.2, 0) is 21.9 Å². The lowest BCUT2D eigenvalue weighted by molar-refractivity contribution is -0.0257. The van der Waals surface area contributed by atoms with Gasteiger partial charge in [0.05, 0.1) is 24.6 Å². The van der Waals surface area contributed by atoms with Crippen LogP contribution in [0.1, 0.15) is 185 Å². The third kappa shape index (κ3) is 18.6. The Bertz CT molecular complexity index is 1510. The minimum atomic E-state index is -0.936. The number of hydrogen-bond acceptors (Lipinski definition) is 5. The van der Waals surface area contributed by atoms with E-state index in [0.29, 0.717) is 26.2 Å². The Hall–Kier alpha value is -3.80. The van der Waals surface area contributed by atoms with E-state index < -0.39 is 5.66 Å². The molecule has 0 amide bonds. The summed E-state index contributed by atoms with van der Waals surface area (Å²) >= 11 is 0. The SMILES string of the molecule is [CH2]CC(c1ccc(OCc2ccccc2)cc1)(N(OCCCCCCCCCCCCCC)c1ccccc1)N(OCCCCCCCCCCCCCC)c1ccccc1. The van der Waals surface area contributed by atoms with Crippen LogP contribution in [0.3, 0.4) is 0 Å². The van der Waals surface area contributed by atoms with Crippen molar-refractivity contribution in [3.05, 3.63) is 133 Å². The largest absolute Gasteiger partial charge is 0.489 e. The Balaban J connectivity index is 1.49. The monoisotopic (exact) mass is 832 g/mol. The molecular weight excluding hydrogens is 749 g/mol. The molecule has 0 fully saturated rings. The van der Waals surface area contributed by atoms with Gasteiger partial charge in [-0.25, -0.2) is 10.1 Å². The third-order valence-electron chi connectivity index (χ3n) is 12.0. The molecule has 0 N–H and O–H groups in total. The first-order valence-electron chi connectivity index (χ1n) is 24.8. The number of anilines is 2. The van der Waals surface area contributed by atoms with Gasteiger partial charge >= 0.3 is 0 Å². The fourth-order valence-corrected chi connectivity index (χ4v) is 8.34. The van der Waals surface area contributed by atoms with Gasteiger partial charge < -0.3 is 4.74 Å². The number of rotatable bonds is 37. The summed E-state index contributed by atoms with van der Waals surface area (Å²) < 4.78 is 6.28. The third-order valence-corrected chi connectivity index (χ3v) is 12.0. The maximum atomic E-state index is 7.03. The number of hydroxylamine groups is 2. The van der Waals surface area contributed by atoms with Crippen molar-refractivity contribution in [3.63, 3.8) is 0 Å². The second-order valence-corrected chi connectivity index (χ2v) is 17.1. The zero-order chi connectivity index (χ0) is 42.9. The molecule has 335 valence electrons. The van der Waals surface area contributed by atoms with Gasteiger partial charge in [-0.05, 0) is 68.1 Å². The fraction of sp³-hybridized carbons (Fsp3) is 0.554. The van der Waals surface area contributed by atoms with E-state index in [-0.39, 0.29) is 0 Å². The Morgan fingerprint density at radius 2 is 0.754 bits per heavy atom. The van der Waals surface area contributed by atoms with Crippen LogP contribution in [0.15, 0.2) is 115 Å². The molecule has 5 heteroatoms. The lowest BCUT2D eigenvalue weighted by Crippen LogP contribution is -2.59. The van der Waals surface area contributed by atoms with Gasteiger partial charge in [-0.15, -0.1) is 0 Å². The number of para-hydroxylation sites is 2. The van der Waals surface area contributed by atoms with Crippen LogP contribution in [0.5, 0.6) is 5.75 Å². The summed E-state index contributed by atoms with van der Waals surface area (Å²) in [6.45, 7) is 11.0. The fourth-order valence-electron chi connectivity index (χ4n) is 8.34. The molecule has 5 nitrogen and oxygen atoms in total. The van der Waals surface area contributed by atoms with E-state index in [2.05, 4.69) is 140 Å². The Morgan fingerprint density at radius 3 is 1.11 bits per heavy atom. The highest BCUT2D eigenvalue weighted by molar-refractivity contribution is 5.57.